The number of hydrogen-bond donors (Lipinski definition) is 1. The molecule has 2 heteroatoms. The first-order chi connectivity index (χ1) is 15.2. The minimum absolute atomic E-state index is 0.485. The molecular formula is C30H54N2. The molecule has 32 heavy (non-hydrogen) atoms. The third kappa shape index (κ3) is 5.29. The van der Waals surface area contributed by atoms with Gasteiger partial charge in [0.2, 0.25) is 0 Å². The molecule has 2 N–H and O–H groups in total. The van der Waals surface area contributed by atoms with Gasteiger partial charge in [0, 0.05) is 13.0 Å². The number of nitriles is 1. The first kappa shape index (κ1) is 27.4. The minimum atomic E-state index is 0.485. The number of rotatable bonds is 4. The topological polar surface area (TPSA) is 49.8 Å². The van der Waals surface area contributed by atoms with Crippen molar-refractivity contribution in [2.75, 3.05) is 0 Å². The van der Waals surface area contributed by atoms with Crippen molar-refractivity contribution in [3.63, 3.8) is 0 Å². The molecule has 0 aromatic heterocycles. The fraction of sp³-hybridized carbons (Fsp3) is 0.900. The molecule has 4 aliphatic rings. The molecule has 0 aromatic rings. The maximum Gasteiger partial charge on any atom is 0.0587 e. The van der Waals surface area contributed by atoms with Gasteiger partial charge in [-0.3, -0.25) is 0 Å². The Hall–Kier alpha value is -0.810. The molecule has 0 bridgehead atoms. The molecule has 0 radical (unpaired) electrons. The van der Waals surface area contributed by atoms with Gasteiger partial charge in [-0.05, 0) is 124 Å². The van der Waals surface area contributed by atoms with Gasteiger partial charge < -0.3 is 5.73 Å². The molecule has 0 aromatic carbocycles. The van der Waals surface area contributed by atoms with Crippen LogP contribution >= 0.6 is 0 Å². The van der Waals surface area contributed by atoms with Crippen LogP contribution in [0.2, 0.25) is 0 Å². The second-order valence-corrected chi connectivity index (χ2v) is 12.1. The molecule has 4 saturated carbocycles. The van der Waals surface area contributed by atoms with E-state index in [-0.39, 0.29) is 0 Å². The number of nitrogens with zero attached hydrogens (tertiary/aromatic N) is 1. The highest BCUT2D eigenvalue weighted by Gasteiger charge is 2.60. The Labute approximate surface area is 200 Å². The lowest BCUT2D eigenvalue weighted by Gasteiger charge is -2.61. The van der Waals surface area contributed by atoms with Crippen molar-refractivity contribution in [2.24, 2.45) is 52.1 Å². The molecule has 9 atom stereocenters. The fourth-order valence-corrected chi connectivity index (χ4v) is 8.94. The summed E-state index contributed by atoms with van der Waals surface area (Å²) < 4.78 is 0. The Bertz CT molecular complexity index is 648. The van der Waals surface area contributed by atoms with Gasteiger partial charge in [-0.2, -0.15) is 5.26 Å². The van der Waals surface area contributed by atoms with E-state index in [0.717, 1.165) is 35.5 Å². The average Bonchev–Trinajstić information content (AvgIpc) is 3.12. The Kier molecular flexibility index (Phi) is 9.90. The Balaban J connectivity index is 0.000000671. The van der Waals surface area contributed by atoms with Gasteiger partial charge in [0.15, 0.2) is 0 Å². The van der Waals surface area contributed by atoms with Gasteiger partial charge in [0.25, 0.3) is 0 Å². The smallest absolute Gasteiger partial charge is 0.0587 e. The Morgan fingerprint density at radius 3 is 2.25 bits per heavy atom. The second kappa shape index (κ2) is 11.6. The van der Waals surface area contributed by atoms with E-state index in [9.17, 15) is 0 Å². The van der Waals surface area contributed by atoms with Crippen LogP contribution in [0.25, 0.3) is 0 Å². The van der Waals surface area contributed by atoms with Crippen LogP contribution in [0.5, 0.6) is 0 Å². The summed E-state index contributed by atoms with van der Waals surface area (Å²) in [6.45, 7) is 19.7. The van der Waals surface area contributed by atoms with Crippen LogP contribution in [0.3, 0.4) is 0 Å². The monoisotopic (exact) mass is 442 g/mol. The highest BCUT2D eigenvalue weighted by atomic mass is 14.7. The average molecular weight is 443 g/mol. The number of fused-ring (bicyclic) bond motifs is 5. The van der Waals surface area contributed by atoms with Crippen LogP contribution < -0.4 is 5.73 Å². The number of allylic oxidation sites excluding steroid dienone is 1. The molecule has 2 nitrogen and oxygen atoms in total. The van der Waals surface area contributed by atoms with E-state index in [2.05, 4.69) is 34.3 Å². The molecule has 0 aliphatic heterocycles. The maximum absolute atomic E-state index is 7.32. The summed E-state index contributed by atoms with van der Waals surface area (Å²) in [6, 6.07) is 2.23. The van der Waals surface area contributed by atoms with E-state index in [0.29, 0.717) is 16.9 Å². The van der Waals surface area contributed by atoms with Crippen LogP contribution in [0.4, 0.5) is 0 Å². The zero-order valence-corrected chi connectivity index (χ0v) is 22.6. The van der Waals surface area contributed by atoms with Crippen molar-refractivity contribution in [3.05, 3.63) is 12.2 Å². The zero-order valence-electron chi connectivity index (χ0n) is 22.6. The molecule has 4 aliphatic carbocycles. The van der Waals surface area contributed by atoms with Crippen molar-refractivity contribution in [2.45, 2.75) is 125 Å². The first-order valence-electron chi connectivity index (χ1n) is 13.9. The van der Waals surface area contributed by atoms with E-state index >= 15 is 0 Å². The molecule has 0 saturated heterocycles. The first-order valence-corrected chi connectivity index (χ1v) is 13.9. The van der Waals surface area contributed by atoms with Crippen LogP contribution in [0.1, 0.15) is 119 Å². The highest BCUT2D eigenvalue weighted by Crippen LogP contribution is 2.68. The molecule has 184 valence electrons. The van der Waals surface area contributed by atoms with Crippen LogP contribution in [-0.2, 0) is 0 Å². The van der Waals surface area contributed by atoms with Gasteiger partial charge in [-0.15, -0.1) is 6.58 Å². The number of nitrogens with two attached hydrogens (primary N) is 1. The third-order valence-corrected chi connectivity index (χ3v) is 10.5. The Morgan fingerprint density at radius 1 is 1.03 bits per heavy atom. The quantitative estimate of drug-likeness (QED) is 0.443. The predicted octanol–water partition coefficient (Wildman–Crippen LogP) is 8.52. The van der Waals surface area contributed by atoms with E-state index in [1.807, 2.05) is 13.8 Å². The van der Waals surface area contributed by atoms with Crippen molar-refractivity contribution >= 4 is 0 Å². The molecular weight excluding hydrogens is 388 g/mol. The lowest BCUT2D eigenvalue weighted by Crippen LogP contribution is -2.54. The molecule has 0 heterocycles. The van der Waals surface area contributed by atoms with Crippen molar-refractivity contribution in [1.82, 2.24) is 0 Å². The molecule has 4 fully saturated rings. The van der Waals surface area contributed by atoms with E-state index in [1.165, 1.54) is 83.1 Å². The Morgan fingerprint density at radius 2 is 1.62 bits per heavy atom. The normalized spacial score (nSPS) is 43.0. The molecule has 0 spiro atoms. The lowest BCUT2D eigenvalue weighted by atomic mass is 9.44. The van der Waals surface area contributed by atoms with Gasteiger partial charge in [0.05, 0.1) is 6.07 Å². The SMILES string of the molecule is C=C(C)CCC(C)C1CCC2C3CCC4CC(N)CCC4(C)C3CCC12C.CC.CC#N. The predicted molar refractivity (Wildman–Crippen MR) is 139 cm³/mol. The maximum atomic E-state index is 7.32. The third-order valence-electron chi connectivity index (χ3n) is 10.5. The highest BCUT2D eigenvalue weighted by molar-refractivity contribution is 5.10. The summed E-state index contributed by atoms with van der Waals surface area (Å²) in [5, 5.41) is 7.32. The summed E-state index contributed by atoms with van der Waals surface area (Å²) in [5.41, 5.74) is 8.95. The summed E-state index contributed by atoms with van der Waals surface area (Å²) in [5.74, 6) is 5.74. The van der Waals surface area contributed by atoms with Crippen LogP contribution in [0.15, 0.2) is 12.2 Å². The van der Waals surface area contributed by atoms with Crippen LogP contribution in [0, 0.1) is 57.7 Å². The standard InChI is InChI=1S/C26H45N.C2H3N.C2H6/c1-17(2)6-7-18(3)22-10-11-23-21-9-8-19-16-20(27)12-14-25(19,4)24(21)13-15-26(22,23)5;1-2-3;1-2/h18-24H,1,6-16,27H2,2-5H3;1H3;1-2H3. The second-order valence-electron chi connectivity index (χ2n) is 12.1. The van der Waals surface area contributed by atoms with E-state index in [4.69, 9.17) is 11.0 Å². The minimum Gasteiger partial charge on any atom is -0.328 e. The summed E-state index contributed by atoms with van der Waals surface area (Å²) in [6.07, 6.45) is 15.5. The van der Waals surface area contributed by atoms with Crippen molar-refractivity contribution in [3.8, 4) is 6.07 Å². The van der Waals surface area contributed by atoms with Crippen molar-refractivity contribution in [1.29, 1.82) is 5.26 Å². The van der Waals surface area contributed by atoms with Crippen LogP contribution in [-0.4, -0.2) is 6.04 Å². The molecule has 4 rings (SSSR count). The van der Waals surface area contributed by atoms with Gasteiger partial charge in [0.1, 0.15) is 0 Å². The van der Waals surface area contributed by atoms with Gasteiger partial charge >= 0.3 is 0 Å². The number of hydrogen-bond acceptors (Lipinski definition) is 2. The van der Waals surface area contributed by atoms with Crippen molar-refractivity contribution < 1.29 is 0 Å². The fourth-order valence-electron chi connectivity index (χ4n) is 8.94. The van der Waals surface area contributed by atoms with Gasteiger partial charge in [-0.1, -0.05) is 40.2 Å². The molecule has 9 unspecified atom stereocenters. The summed E-state index contributed by atoms with van der Waals surface area (Å²) in [7, 11) is 0. The lowest BCUT2D eigenvalue weighted by molar-refractivity contribution is -0.116. The summed E-state index contributed by atoms with van der Waals surface area (Å²) >= 11 is 0. The zero-order chi connectivity index (χ0) is 24.1. The van der Waals surface area contributed by atoms with Gasteiger partial charge in [-0.25, -0.2) is 0 Å². The molecule has 0 amide bonds. The van der Waals surface area contributed by atoms with E-state index in [1.54, 1.807) is 6.07 Å². The summed E-state index contributed by atoms with van der Waals surface area (Å²) in [4.78, 5) is 0. The largest absolute Gasteiger partial charge is 0.328 e. The van der Waals surface area contributed by atoms with E-state index < -0.39 is 0 Å².